The molecular formula is C64H75Cl5N10O8S3. The lowest BCUT2D eigenvalue weighted by atomic mass is 9.87. The van der Waals surface area contributed by atoms with Crippen molar-refractivity contribution in [2.75, 3.05) is 26.6 Å². The molecular weight excluding hydrogens is 1310 g/mol. The topological polar surface area (TPSA) is 255 Å². The quantitative estimate of drug-likeness (QED) is 0.0447. The van der Waals surface area contributed by atoms with Gasteiger partial charge in [0, 0.05) is 39.2 Å². The molecule has 9 rings (SSSR count). The van der Waals surface area contributed by atoms with Crippen LogP contribution < -0.4 is 19.9 Å². The van der Waals surface area contributed by atoms with Crippen LogP contribution in [0.1, 0.15) is 114 Å². The van der Waals surface area contributed by atoms with Crippen molar-refractivity contribution in [3.05, 3.63) is 213 Å². The molecule has 3 heterocycles. The van der Waals surface area contributed by atoms with Crippen molar-refractivity contribution >= 4 is 111 Å². The second-order valence-electron chi connectivity index (χ2n) is 23.1. The van der Waals surface area contributed by atoms with Crippen LogP contribution in [0.15, 0.2) is 179 Å². The standard InChI is InChI=1S/C22H26ClN3O2S.C20H22ClN3O3S.C20H20ClN3O3S.CH2Cl2.CH5N/c1-5-6-16-14-24-26(15-16)21-13-18(23)9-12-20(21)25-29(27,28)19-10-7-17(8-11-19)22(2,3)4;2*1-20(2,3)15-4-7-17(8-5-15)28(26,27)23-18-9-6-16(21)10-19(18)24-12-14(13-25)11-22-24;2-1-3;1-2/h7-15,25H,5-6H2,1-4H3;4-12,23,25H,13H2,1-3H3;4-13,23H,1-3H3;1H2;2H2,1H3. The maximum atomic E-state index is 13.0. The van der Waals surface area contributed by atoms with Crippen LogP contribution >= 0.6 is 58.0 Å². The first-order chi connectivity index (χ1) is 42.2. The first-order valence-electron chi connectivity index (χ1n) is 27.9. The molecule has 482 valence electrons. The summed E-state index contributed by atoms with van der Waals surface area (Å²) in [4.78, 5) is 11.4. The van der Waals surface area contributed by atoms with Crippen molar-refractivity contribution < 1.29 is 35.2 Å². The Hall–Kier alpha value is -6.76. The summed E-state index contributed by atoms with van der Waals surface area (Å²) >= 11 is 27.8. The summed E-state index contributed by atoms with van der Waals surface area (Å²) in [5.74, 6) is 0. The molecule has 26 heteroatoms. The van der Waals surface area contributed by atoms with E-state index in [1.165, 1.54) is 35.0 Å². The van der Waals surface area contributed by atoms with E-state index in [9.17, 15) is 35.2 Å². The molecule has 0 atom stereocenters. The summed E-state index contributed by atoms with van der Waals surface area (Å²) in [6, 6.07) is 35.1. The summed E-state index contributed by atoms with van der Waals surface area (Å²) < 4.78 is 89.8. The normalized spacial score (nSPS) is 11.7. The van der Waals surface area contributed by atoms with E-state index in [0.29, 0.717) is 66.6 Å². The van der Waals surface area contributed by atoms with Gasteiger partial charge in [0.05, 0.1) is 84.9 Å². The van der Waals surface area contributed by atoms with E-state index in [2.05, 4.69) is 104 Å². The molecule has 0 aliphatic heterocycles. The van der Waals surface area contributed by atoms with E-state index in [1.54, 1.807) is 120 Å². The number of nitrogens with one attached hydrogen (secondary N) is 3. The molecule has 0 aliphatic carbocycles. The van der Waals surface area contributed by atoms with Crippen LogP contribution in [-0.4, -0.2) is 78.4 Å². The second-order valence-corrected chi connectivity index (χ2v) is 30.2. The van der Waals surface area contributed by atoms with Gasteiger partial charge in [0.15, 0.2) is 6.29 Å². The van der Waals surface area contributed by atoms with E-state index in [1.807, 2.05) is 30.5 Å². The monoisotopic (exact) mass is 1380 g/mol. The summed E-state index contributed by atoms with van der Waals surface area (Å²) in [6.07, 6.45) is 12.2. The largest absolute Gasteiger partial charge is 0.392 e. The number of aromatic nitrogens is 6. The molecule has 6 aromatic carbocycles. The van der Waals surface area contributed by atoms with Gasteiger partial charge in [-0.15, -0.1) is 23.2 Å². The number of alkyl halides is 2. The van der Waals surface area contributed by atoms with E-state index in [4.69, 9.17) is 58.0 Å². The third-order valence-corrected chi connectivity index (χ3v) is 18.0. The fourth-order valence-electron chi connectivity index (χ4n) is 8.37. The molecule has 0 amide bonds. The van der Waals surface area contributed by atoms with Crippen molar-refractivity contribution in [3.63, 3.8) is 0 Å². The number of benzene rings is 6. The number of hydrogen-bond acceptors (Lipinski definition) is 12. The van der Waals surface area contributed by atoms with Gasteiger partial charge in [-0.05, 0) is 143 Å². The average Bonchev–Trinajstić information content (AvgIpc) is 2.24. The highest BCUT2D eigenvalue weighted by Gasteiger charge is 2.24. The zero-order chi connectivity index (χ0) is 67.0. The summed E-state index contributed by atoms with van der Waals surface area (Å²) in [5, 5.41) is 23.4. The zero-order valence-corrected chi connectivity index (χ0v) is 57.9. The van der Waals surface area contributed by atoms with Crippen LogP contribution in [0.4, 0.5) is 17.1 Å². The van der Waals surface area contributed by atoms with E-state index in [0.717, 1.165) is 35.1 Å². The third kappa shape index (κ3) is 20.6. The molecule has 0 bridgehead atoms. The highest BCUT2D eigenvalue weighted by molar-refractivity contribution is 7.93. The number of hydrogen-bond donors (Lipinski definition) is 5. The van der Waals surface area contributed by atoms with Crippen molar-refractivity contribution in [2.24, 2.45) is 5.73 Å². The van der Waals surface area contributed by atoms with E-state index in [-0.39, 0.29) is 42.9 Å². The number of nitrogens with zero attached hydrogens (tertiary/aromatic N) is 6. The fraction of sp³-hybridized carbons (Fsp3) is 0.281. The van der Waals surface area contributed by atoms with E-state index < -0.39 is 30.1 Å². The molecule has 90 heavy (non-hydrogen) atoms. The molecule has 0 aliphatic rings. The minimum atomic E-state index is -3.82. The number of carbonyl (C=O) groups excluding carboxylic acids is 1. The Balaban J connectivity index is 0.000000237. The fourth-order valence-corrected chi connectivity index (χ4v) is 12.1. The number of nitrogens with two attached hydrogens (primary N) is 1. The zero-order valence-electron chi connectivity index (χ0n) is 51.7. The Labute approximate surface area is 553 Å². The predicted molar refractivity (Wildman–Crippen MR) is 366 cm³/mol. The van der Waals surface area contributed by atoms with Crippen LogP contribution in [0.3, 0.4) is 0 Å². The van der Waals surface area contributed by atoms with Crippen LogP contribution in [0.5, 0.6) is 0 Å². The molecule has 0 unspecified atom stereocenters. The van der Waals surface area contributed by atoms with Crippen LogP contribution in [0, 0.1) is 0 Å². The van der Waals surface area contributed by atoms with Gasteiger partial charge < -0.3 is 10.8 Å². The van der Waals surface area contributed by atoms with Gasteiger partial charge in [-0.25, -0.2) is 39.3 Å². The third-order valence-electron chi connectivity index (χ3n) is 13.2. The Morgan fingerprint density at radius 3 is 1.03 bits per heavy atom. The Morgan fingerprint density at radius 1 is 0.478 bits per heavy atom. The van der Waals surface area contributed by atoms with Crippen LogP contribution in [0.2, 0.25) is 15.1 Å². The lowest BCUT2D eigenvalue weighted by molar-refractivity contribution is 0.112. The molecule has 6 N–H and O–H groups in total. The summed E-state index contributed by atoms with van der Waals surface area (Å²) in [6.45, 7) is 20.6. The second kappa shape index (κ2) is 32.0. The van der Waals surface area contributed by atoms with Gasteiger partial charge in [-0.2, -0.15) is 15.3 Å². The van der Waals surface area contributed by atoms with Gasteiger partial charge in [0.1, 0.15) is 0 Å². The van der Waals surface area contributed by atoms with Gasteiger partial charge in [-0.1, -0.05) is 147 Å². The van der Waals surface area contributed by atoms with Crippen molar-refractivity contribution in [1.29, 1.82) is 0 Å². The average molecular weight is 1390 g/mol. The van der Waals surface area contributed by atoms with Gasteiger partial charge >= 0.3 is 0 Å². The molecule has 18 nitrogen and oxygen atoms in total. The molecule has 0 spiro atoms. The smallest absolute Gasteiger partial charge is 0.261 e. The minimum Gasteiger partial charge on any atom is -0.392 e. The Bertz CT molecular complexity index is 4180. The van der Waals surface area contributed by atoms with E-state index >= 15 is 0 Å². The number of rotatable bonds is 16. The van der Waals surface area contributed by atoms with Crippen molar-refractivity contribution in [2.45, 2.75) is 120 Å². The highest BCUT2D eigenvalue weighted by atomic mass is 35.5. The highest BCUT2D eigenvalue weighted by Crippen LogP contribution is 2.33. The Kier molecular flexibility index (Phi) is 26.3. The summed E-state index contributed by atoms with van der Waals surface area (Å²) in [5.41, 5.74) is 12.0. The summed E-state index contributed by atoms with van der Waals surface area (Å²) in [7, 11) is -9.88. The number of carbonyl (C=O) groups is 1. The van der Waals surface area contributed by atoms with Gasteiger partial charge in [0.25, 0.3) is 30.1 Å². The number of aryl methyl sites for hydroxylation is 1. The number of aliphatic hydroxyl groups is 1. The number of sulfonamides is 3. The predicted octanol–water partition coefficient (Wildman–Crippen LogP) is 15.1. The first-order valence-corrected chi connectivity index (χ1v) is 34.5. The molecule has 9 aromatic rings. The molecule has 3 aromatic heterocycles. The number of aliphatic hydroxyl groups excluding tert-OH is 1. The lowest BCUT2D eigenvalue weighted by Crippen LogP contribution is -2.16. The molecule has 0 fully saturated rings. The van der Waals surface area contributed by atoms with Crippen molar-refractivity contribution in [3.8, 4) is 17.1 Å². The molecule has 0 saturated carbocycles. The lowest BCUT2D eigenvalue weighted by Gasteiger charge is -2.19. The molecule has 0 radical (unpaired) electrons. The number of anilines is 3. The SMILES string of the molecule is CC(C)(C)c1ccc(S(=O)(=O)Nc2ccc(Cl)cc2-n2cc(C=O)cn2)cc1.CC(C)(C)c1ccc(S(=O)(=O)Nc2ccc(Cl)cc2-n2cc(CO)cn2)cc1.CCCc1cnn(-c2cc(Cl)ccc2NS(=O)(=O)c2ccc(C(C)(C)C)cc2)c1.CN.ClCCl. The van der Waals surface area contributed by atoms with Gasteiger partial charge in [-0.3, -0.25) is 19.0 Å². The van der Waals surface area contributed by atoms with Crippen LogP contribution in [0.25, 0.3) is 17.1 Å². The maximum Gasteiger partial charge on any atom is 0.261 e. The minimum absolute atomic E-state index is 0.0463. The number of halogens is 5. The van der Waals surface area contributed by atoms with Gasteiger partial charge in [0.2, 0.25) is 0 Å². The Morgan fingerprint density at radius 2 is 0.767 bits per heavy atom. The van der Waals surface area contributed by atoms with Crippen LogP contribution in [-0.2, 0) is 59.3 Å². The first kappa shape index (κ1) is 74.0. The molecule has 0 saturated heterocycles. The maximum absolute atomic E-state index is 13.0. The number of aldehydes is 1. The van der Waals surface area contributed by atoms with Crippen molar-refractivity contribution in [1.82, 2.24) is 29.3 Å².